The highest BCUT2D eigenvalue weighted by Gasteiger charge is 2.28. The van der Waals surface area contributed by atoms with Gasteiger partial charge in [0.05, 0.1) is 6.61 Å². The Kier molecular flexibility index (Phi) is 6.62. The lowest BCUT2D eigenvalue weighted by Crippen LogP contribution is -2.45. The predicted molar refractivity (Wildman–Crippen MR) is 58.5 cm³/mol. The minimum atomic E-state index is -0.583. The molecule has 0 aromatic carbocycles. The number of hydrogen-bond donors (Lipinski definition) is 1. The Morgan fingerprint density at radius 3 is 2.53 bits per heavy atom. The third-order valence-electron chi connectivity index (χ3n) is 2.16. The smallest absolute Gasteiger partial charge is 0.323 e. The number of carbonyl (C=O) groups excluding carboxylic acids is 2. The molecule has 0 radical (unpaired) electrons. The van der Waals surface area contributed by atoms with Crippen LogP contribution >= 0.6 is 0 Å². The monoisotopic (exact) mass is 213 g/mol. The van der Waals surface area contributed by atoms with Crippen molar-refractivity contribution in [3.05, 3.63) is 12.7 Å². The average molecular weight is 213 g/mol. The molecule has 0 aromatic heterocycles. The molecule has 0 spiro atoms. The van der Waals surface area contributed by atoms with E-state index in [1.165, 1.54) is 6.92 Å². The highest BCUT2D eigenvalue weighted by Crippen LogP contribution is 2.06. The SMILES string of the molecule is C=CCN[C@H](C(=O)OCC)[C@H](C)C(C)=O. The topological polar surface area (TPSA) is 55.4 Å². The van der Waals surface area contributed by atoms with Gasteiger partial charge in [0.25, 0.3) is 0 Å². The van der Waals surface area contributed by atoms with Gasteiger partial charge in [0.15, 0.2) is 0 Å². The summed E-state index contributed by atoms with van der Waals surface area (Å²) in [6.07, 6.45) is 1.64. The van der Waals surface area contributed by atoms with Gasteiger partial charge in [-0.3, -0.25) is 9.59 Å². The number of ether oxygens (including phenoxy) is 1. The maximum Gasteiger partial charge on any atom is 0.323 e. The quantitative estimate of drug-likeness (QED) is 0.504. The van der Waals surface area contributed by atoms with E-state index in [9.17, 15) is 9.59 Å². The Balaban J connectivity index is 4.48. The molecule has 0 aliphatic carbocycles. The molecule has 4 heteroatoms. The molecular formula is C11H19NO3. The summed E-state index contributed by atoms with van der Waals surface area (Å²) in [6.45, 7) is 9.24. The molecule has 1 N–H and O–H groups in total. The number of carbonyl (C=O) groups is 2. The Hall–Kier alpha value is -1.16. The molecule has 0 aromatic rings. The fourth-order valence-electron chi connectivity index (χ4n) is 1.14. The van der Waals surface area contributed by atoms with Crippen LogP contribution < -0.4 is 5.32 Å². The largest absolute Gasteiger partial charge is 0.465 e. The van der Waals surface area contributed by atoms with Crippen molar-refractivity contribution >= 4 is 11.8 Å². The molecule has 0 unspecified atom stereocenters. The molecule has 4 nitrogen and oxygen atoms in total. The molecule has 86 valence electrons. The molecule has 2 atom stereocenters. The lowest BCUT2D eigenvalue weighted by molar-refractivity contribution is -0.148. The van der Waals surface area contributed by atoms with Crippen molar-refractivity contribution in [1.82, 2.24) is 5.32 Å². The Labute approximate surface area is 90.7 Å². The van der Waals surface area contributed by atoms with E-state index in [4.69, 9.17) is 4.74 Å². The van der Waals surface area contributed by atoms with Gasteiger partial charge in [-0.1, -0.05) is 13.0 Å². The second-order valence-electron chi connectivity index (χ2n) is 3.33. The van der Waals surface area contributed by atoms with E-state index in [0.717, 1.165) is 0 Å². The van der Waals surface area contributed by atoms with Crippen LogP contribution in [-0.4, -0.2) is 30.9 Å². The van der Waals surface area contributed by atoms with Crippen LogP contribution in [0, 0.1) is 5.92 Å². The molecule has 0 aliphatic heterocycles. The van der Waals surface area contributed by atoms with Crippen molar-refractivity contribution in [2.24, 2.45) is 5.92 Å². The normalized spacial score (nSPS) is 14.1. The Morgan fingerprint density at radius 1 is 1.53 bits per heavy atom. The first-order chi connectivity index (χ1) is 7.04. The molecule has 0 bridgehead atoms. The number of nitrogens with one attached hydrogen (secondary N) is 1. The summed E-state index contributed by atoms with van der Waals surface area (Å²) in [4.78, 5) is 22.7. The lowest BCUT2D eigenvalue weighted by Gasteiger charge is -2.20. The maximum absolute atomic E-state index is 11.5. The van der Waals surface area contributed by atoms with Gasteiger partial charge in [-0.05, 0) is 13.8 Å². The Bertz CT molecular complexity index is 238. The van der Waals surface area contributed by atoms with E-state index in [-0.39, 0.29) is 17.7 Å². The van der Waals surface area contributed by atoms with E-state index in [1.54, 1.807) is 19.9 Å². The zero-order chi connectivity index (χ0) is 11.8. The number of ketones is 1. The van der Waals surface area contributed by atoms with Gasteiger partial charge >= 0.3 is 5.97 Å². The molecule has 0 rings (SSSR count). The van der Waals surface area contributed by atoms with Gasteiger partial charge in [0.2, 0.25) is 0 Å². The van der Waals surface area contributed by atoms with Crippen molar-refractivity contribution in [2.45, 2.75) is 26.8 Å². The molecule has 0 saturated carbocycles. The highest BCUT2D eigenvalue weighted by atomic mass is 16.5. The van der Waals surface area contributed by atoms with Crippen molar-refractivity contribution in [1.29, 1.82) is 0 Å². The van der Waals surface area contributed by atoms with Crippen LogP contribution in [0.1, 0.15) is 20.8 Å². The van der Waals surface area contributed by atoms with E-state index in [1.807, 2.05) is 0 Å². The van der Waals surface area contributed by atoms with Crippen molar-refractivity contribution in [3.63, 3.8) is 0 Å². The number of esters is 1. The summed E-state index contributed by atoms with van der Waals surface area (Å²) in [6, 6.07) is -0.583. The summed E-state index contributed by atoms with van der Waals surface area (Å²) in [5, 5.41) is 2.92. The molecule has 15 heavy (non-hydrogen) atoms. The fourth-order valence-corrected chi connectivity index (χ4v) is 1.14. The molecule has 0 fully saturated rings. The number of rotatable bonds is 7. The van der Waals surface area contributed by atoms with Crippen LogP contribution in [0.15, 0.2) is 12.7 Å². The second-order valence-corrected chi connectivity index (χ2v) is 3.33. The van der Waals surface area contributed by atoms with Crippen LogP contribution in [0.4, 0.5) is 0 Å². The van der Waals surface area contributed by atoms with E-state index in [2.05, 4.69) is 11.9 Å². The molecule has 0 amide bonds. The van der Waals surface area contributed by atoms with Crippen LogP contribution in [-0.2, 0) is 14.3 Å². The van der Waals surface area contributed by atoms with Gasteiger partial charge in [0, 0.05) is 12.5 Å². The second kappa shape index (κ2) is 7.17. The lowest BCUT2D eigenvalue weighted by atomic mass is 9.98. The highest BCUT2D eigenvalue weighted by molar-refractivity contribution is 5.87. The number of Topliss-reactive ketones (excluding diaryl/α,β-unsaturated/α-hetero) is 1. The Morgan fingerprint density at radius 2 is 2.13 bits per heavy atom. The van der Waals surface area contributed by atoms with Gasteiger partial charge in [0.1, 0.15) is 11.8 Å². The van der Waals surface area contributed by atoms with Gasteiger partial charge in [-0.2, -0.15) is 0 Å². The minimum absolute atomic E-state index is 0.0374. The number of hydrogen-bond acceptors (Lipinski definition) is 4. The summed E-state index contributed by atoms with van der Waals surface area (Å²) in [5.74, 6) is -0.810. The average Bonchev–Trinajstić information content (AvgIpc) is 2.18. The molecule has 0 heterocycles. The first-order valence-electron chi connectivity index (χ1n) is 5.05. The van der Waals surface area contributed by atoms with Gasteiger partial charge in [-0.15, -0.1) is 6.58 Å². The fraction of sp³-hybridized carbons (Fsp3) is 0.636. The van der Waals surface area contributed by atoms with Crippen LogP contribution in [0.5, 0.6) is 0 Å². The third-order valence-corrected chi connectivity index (χ3v) is 2.16. The molecule has 0 aliphatic rings. The van der Waals surface area contributed by atoms with Gasteiger partial charge in [-0.25, -0.2) is 0 Å². The summed E-state index contributed by atoms with van der Waals surface area (Å²) in [7, 11) is 0. The van der Waals surface area contributed by atoms with Crippen molar-refractivity contribution < 1.29 is 14.3 Å². The molecular weight excluding hydrogens is 194 g/mol. The standard InChI is InChI=1S/C11H19NO3/c1-5-7-12-10(8(3)9(4)13)11(14)15-6-2/h5,8,10,12H,1,6-7H2,2-4H3/t8-,10+/m1/s1. The van der Waals surface area contributed by atoms with E-state index in [0.29, 0.717) is 13.2 Å². The van der Waals surface area contributed by atoms with E-state index >= 15 is 0 Å². The van der Waals surface area contributed by atoms with Crippen LogP contribution in [0.25, 0.3) is 0 Å². The summed E-state index contributed by atoms with van der Waals surface area (Å²) < 4.78 is 4.88. The predicted octanol–water partition coefficient (Wildman–Crippen LogP) is 0.919. The van der Waals surface area contributed by atoms with E-state index < -0.39 is 6.04 Å². The minimum Gasteiger partial charge on any atom is -0.465 e. The first-order valence-corrected chi connectivity index (χ1v) is 5.05. The third kappa shape index (κ3) is 4.74. The maximum atomic E-state index is 11.5. The summed E-state index contributed by atoms with van der Waals surface area (Å²) in [5.41, 5.74) is 0. The summed E-state index contributed by atoms with van der Waals surface area (Å²) >= 11 is 0. The van der Waals surface area contributed by atoms with Gasteiger partial charge < -0.3 is 10.1 Å². The zero-order valence-electron chi connectivity index (χ0n) is 9.58. The first kappa shape index (κ1) is 13.8. The van der Waals surface area contributed by atoms with Crippen molar-refractivity contribution in [3.8, 4) is 0 Å². The van der Waals surface area contributed by atoms with Crippen LogP contribution in [0.2, 0.25) is 0 Å². The zero-order valence-corrected chi connectivity index (χ0v) is 9.58. The van der Waals surface area contributed by atoms with Crippen molar-refractivity contribution in [2.75, 3.05) is 13.2 Å². The van der Waals surface area contributed by atoms with Crippen LogP contribution in [0.3, 0.4) is 0 Å². The molecule has 0 saturated heterocycles.